The van der Waals surface area contributed by atoms with Crippen molar-refractivity contribution in [3.63, 3.8) is 0 Å². The summed E-state index contributed by atoms with van der Waals surface area (Å²) in [4.78, 5) is 26.8. The quantitative estimate of drug-likeness (QED) is 0.231. The summed E-state index contributed by atoms with van der Waals surface area (Å²) in [5, 5.41) is -0.0234. The molecule has 3 N–H and O–H groups in total. The number of pyridine rings is 1. The van der Waals surface area contributed by atoms with Crippen LogP contribution in [0.1, 0.15) is 12.5 Å². The van der Waals surface area contributed by atoms with Crippen molar-refractivity contribution in [2.75, 3.05) is 5.75 Å². The molecule has 1 aromatic heterocycles. The van der Waals surface area contributed by atoms with Crippen LogP contribution in [0.15, 0.2) is 24.5 Å². The summed E-state index contributed by atoms with van der Waals surface area (Å²) in [6.07, 6.45) is 2.70. The summed E-state index contributed by atoms with van der Waals surface area (Å²) < 4.78 is 44.1. The number of hydrogen-bond donors (Lipinski definition) is 3. The normalized spacial score (nSPS) is 13.2. The summed E-state index contributed by atoms with van der Waals surface area (Å²) in [6, 6.07) is 3.09. The van der Waals surface area contributed by atoms with E-state index in [-0.39, 0.29) is 22.1 Å². The van der Waals surface area contributed by atoms with E-state index in [4.69, 9.17) is 14.3 Å². The lowest BCUT2D eigenvalue weighted by Crippen LogP contribution is -3.00. The predicted molar refractivity (Wildman–Crippen MR) is 80.9 cm³/mol. The van der Waals surface area contributed by atoms with Crippen molar-refractivity contribution in [1.29, 1.82) is 0 Å². The first kappa shape index (κ1) is 22.7. The average Bonchev–Trinajstić information content (AvgIpc) is 2.33. The fraction of sp³-hybridized carbons (Fsp3) is 0.455. The predicted octanol–water partition coefficient (Wildman–Crippen LogP) is -2.81. The minimum atomic E-state index is -5.01. The molecule has 0 bridgehead atoms. The van der Waals surface area contributed by atoms with Crippen LogP contribution >= 0.6 is 19.4 Å². The lowest BCUT2D eigenvalue weighted by molar-refractivity contribution is -0.692. The van der Waals surface area contributed by atoms with Gasteiger partial charge in [-0.2, -0.15) is 8.42 Å². The SMILES string of the molecule is CC(=O)SCC[n+]1cccc(CC(P(=O)(O)O)S(=O)(=O)O)c1.[Br-]. The van der Waals surface area contributed by atoms with E-state index >= 15 is 0 Å². The summed E-state index contributed by atoms with van der Waals surface area (Å²) in [5.74, 6) is 0.518. The molecule has 0 aliphatic heterocycles. The number of aryl methyl sites for hydroxylation is 1. The van der Waals surface area contributed by atoms with Gasteiger partial charge in [-0.05, 0) is 6.07 Å². The molecule has 8 nitrogen and oxygen atoms in total. The third kappa shape index (κ3) is 8.39. The van der Waals surface area contributed by atoms with E-state index in [1.54, 1.807) is 16.8 Å². The second kappa shape index (κ2) is 9.26. The Labute approximate surface area is 149 Å². The highest BCUT2D eigenvalue weighted by molar-refractivity contribution is 8.13. The second-order valence-electron chi connectivity index (χ2n) is 4.55. The molecule has 0 aliphatic carbocycles. The minimum absolute atomic E-state index is 0. The van der Waals surface area contributed by atoms with Gasteiger partial charge in [-0.25, -0.2) is 4.57 Å². The molecule has 1 rings (SSSR count). The number of halogens is 1. The first-order valence-electron chi connectivity index (χ1n) is 6.13. The Bertz CT molecular complexity index is 691. The van der Waals surface area contributed by atoms with E-state index in [9.17, 15) is 17.8 Å². The molecule has 132 valence electrons. The topological polar surface area (TPSA) is 133 Å². The van der Waals surface area contributed by atoms with E-state index in [2.05, 4.69) is 0 Å². The molecule has 12 heteroatoms. The maximum Gasteiger partial charge on any atom is 0.346 e. The molecular formula is C11H17BrNO7PS2. The second-order valence-corrected chi connectivity index (χ2v) is 9.57. The smallest absolute Gasteiger partial charge is 0.346 e. The van der Waals surface area contributed by atoms with Gasteiger partial charge in [0.25, 0.3) is 10.1 Å². The minimum Gasteiger partial charge on any atom is -1.00 e. The van der Waals surface area contributed by atoms with Crippen molar-refractivity contribution in [3.05, 3.63) is 30.1 Å². The van der Waals surface area contributed by atoms with E-state index < -0.39 is 29.1 Å². The van der Waals surface area contributed by atoms with Gasteiger partial charge in [0.2, 0.25) is 0 Å². The van der Waals surface area contributed by atoms with Gasteiger partial charge in [-0.3, -0.25) is 13.9 Å². The molecule has 1 atom stereocenters. The van der Waals surface area contributed by atoms with Crippen LogP contribution in [0.25, 0.3) is 0 Å². The molecule has 1 heterocycles. The third-order valence-corrected chi connectivity index (χ3v) is 6.91. The maximum absolute atomic E-state index is 11.2. The first-order valence-corrected chi connectivity index (χ1v) is 10.3. The molecule has 0 amide bonds. The molecule has 0 aliphatic rings. The zero-order valence-electron chi connectivity index (χ0n) is 12.1. The standard InChI is InChI=1S/C11H16NO7PS2.BrH/c1-9(13)21-6-5-12-4-2-3-10(8-12)7-11(20(14,15)16)22(17,18)19;/h2-4,8,11H,5-7H2,1H3,(H2-,14,15,16,17,18,19);1H. The Morgan fingerprint density at radius 1 is 1.43 bits per heavy atom. The molecule has 0 radical (unpaired) electrons. The first-order chi connectivity index (χ1) is 10.00. The maximum atomic E-state index is 11.2. The highest BCUT2D eigenvalue weighted by Crippen LogP contribution is 2.45. The Balaban J connectivity index is 0.00000484. The summed E-state index contributed by atoms with van der Waals surface area (Å²) in [7, 11) is -9.89. The Morgan fingerprint density at radius 2 is 2.04 bits per heavy atom. The van der Waals surface area contributed by atoms with Gasteiger partial charge >= 0.3 is 7.60 Å². The van der Waals surface area contributed by atoms with Gasteiger partial charge in [0.15, 0.2) is 29.0 Å². The fourth-order valence-corrected chi connectivity index (χ4v) is 4.56. The van der Waals surface area contributed by atoms with Crippen LogP contribution in [-0.4, -0.2) is 38.6 Å². The number of carbonyl (C=O) groups is 1. The molecule has 0 saturated carbocycles. The van der Waals surface area contributed by atoms with E-state index in [0.717, 1.165) is 11.8 Å². The van der Waals surface area contributed by atoms with Gasteiger partial charge in [0, 0.05) is 25.0 Å². The lowest BCUT2D eigenvalue weighted by atomic mass is 10.2. The lowest BCUT2D eigenvalue weighted by Gasteiger charge is -2.14. The number of nitrogens with zero attached hydrogens (tertiary/aromatic N) is 1. The fourth-order valence-electron chi connectivity index (χ4n) is 1.73. The molecule has 1 unspecified atom stereocenters. The van der Waals surface area contributed by atoms with Crippen molar-refractivity contribution in [1.82, 2.24) is 0 Å². The van der Waals surface area contributed by atoms with Gasteiger partial charge in [-0.15, -0.1) is 0 Å². The largest absolute Gasteiger partial charge is 1.00 e. The average molecular weight is 450 g/mol. The van der Waals surface area contributed by atoms with E-state index in [0.29, 0.717) is 17.9 Å². The Morgan fingerprint density at radius 3 is 2.52 bits per heavy atom. The van der Waals surface area contributed by atoms with E-state index in [1.165, 1.54) is 19.2 Å². The molecule has 0 aromatic carbocycles. The number of carbonyl (C=O) groups excluding carboxylic acids is 1. The third-order valence-electron chi connectivity index (χ3n) is 2.70. The molecule has 0 fully saturated rings. The van der Waals surface area contributed by atoms with Crippen LogP contribution in [0.4, 0.5) is 0 Å². The zero-order valence-corrected chi connectivity index (χ0v) is 16.2. The van der Waals surface area contributed by atoms with Crippen molar-refractivity contribution in [2.24, 2.45) is 0 Å². The Hall–Kier alpha value is -0.290. The summed E-state index contributed by atoms with van der Waals surface area (Å²) in [6.45, 7) is 1.92. The van der Waals surface area contributed by atoms with Gasteiger partial charge < -0.3 is 26.8 Å². The monoisotopic (exact) mass is 449 g/mol. The molecule has 23 heavy (non-hydrogen) atoms. The van der Waals surface area contributed by atoms with Gasteiger partial charge in [-0.1, -0.05) is 11.8 Å². The van der Waals surface area contributed by atoms with Gasteiger partial charge in [0.05, 0.1) is 5.75 Å². The number of hydrogen-bond acceptors (Lipinski definition) is 5. The van der Waals surface area contributed by atoms with Crippen LogP contribution < -0.4 is 21.5 Å². The van der Waals surface area contributed by atoms with Crippen molar-refractivity contribution >= 4 is 34.6 Å². The highest BCUT2D eigenvalue weighted by atomic mass is 79.9. The van der Waals surface area contributed by atoms with Gasteiger partial charge in [0.1, 0.15) is 0 Å². The van der Waals surface area contributed by atoms with Crippen LogP contribution in [0.2, 0.25) is 0 Å². The molecular weight excluding hydrogens is 433 g/mol. The van der Waals surface area contributed by atoms with Crippen LogP contribution in [0, 0.1) is 0 Å². The molecule has 0 spiro atoms. The highest BCUT2D eigenvalue weighted by Gasteiger charge is 2.40. The van der Waals surface area contributed by atoms with Crippen LogP contribution in [0.5, 0.6) is 0 Å². The number of rotatable bonds is 7. The summed E-state index contributed by atoms with van der Waals surface area (Å²) >= 11 is 1.13. The Kier molecular flexibility index (Phi) is 9.14. The van der Waals surface area contributed by atoms with Crippen molar-refractivity contribution in [2.45, 2.75) is 24.9 Å². The molecule has 1 aromatic rings. The number of thioether (sulfide) groups is 1. The molecule has 0 saturated heterocycles. The van der Waals surface area contributed by atoms with Crippen molar-refractivity contribution in [3.8, 4) is 0 Å². The number of aromatic nitrogens is 1. The van der Waals surface area contributed by atoms with Crippen LogP contribution in [-0.2, 0) is 32.4 Å². The van der Waals surface area contributed by atoms with Crippen molar-refractivity contribution < 1.29 is 53.7 Å². The zero-order chi connectivity index (χ0) is 17.0. The van der Waals surface area contributed by atoms with Crippen LogP contribution in [0.3, 0.4) is 0 Å². The summed E-state index contributed by atoms with van der Waals surface area (Å²) in [5.41, 5.74) is 0.348. The van der Waals surface area contributed by atoms with E-state index in [1.807, 2.05) is 0 Å².